The van der Waals surface area contributed by atoms with Crippen LogP contribution in [0.25, 0.3) is 6.20 Å². The molecule has 1 aromatic rings. The normalized spacial score (nSPS) is 18.4. The molecule has 2 heterocycles. The fourth-order valence-corrected chi connectivity index (χ4v) is 1.61. The second kappa shape index (κ2) is 4.37. The lowest BCUT2D eigenvalue weighted by molar-refractivity contribution is -0.132. The third kappa shape index (κ3) is 2.33. The first-order valence-electron chi connectivity index (χ1n) is 5.43. The molecule has 0 amide bonds. The molecule has 1 saturated heterocycles. The van der Waals surface area contributed by atoms with Crippen LogP contribution >= 0.6 is 0 Å². The van der Waals surface area contributed by atoms with Gasteiger partial charge in [0.15, 0.2) is 0 Å². The van der Waals surface area contributed by atoms with Gasteiger partial charge in [0.05, 0.1) is 25.3 Å². The monoisotopic (exact) mass is 254 g/mol. The largest absolute Gasteiger partial charge is 0.478 e. The van der Waals surface area contributed by atoms with Crippen molar-refractivity contribution in [1.29, 1.82) is 0 Å². The van der Waals surface area contributed by atoms with Gasteiger partial charge in [-0.1, -0.05) is 6.92 Å². The van der Waals surface area contributed by atoms with Crippen molar-refractivity contribution < 1.29 is 14.6 Å². The summed E-state index contributed by atoms with van der Waals surface area (Å²) in [5.74, 6) is -1.10. The number of carbonyl (C=O) groups is 1. The number of nitrogens with zero attached hydrogens (tertiary/aromatic N) is 4. The summed E-state index contributed by atoms with van der Waals surface area (Å²) in [6.07, 6.45) is 1.15. The SMILES string of the molecule is C/C(=C\n1nnn(CC2(C)COC2)c1=O)C(=O)O. The van der Waals surface area contributed by atoms with Gasteiger partial charge in [-0.3, -0.25) is 0 Å². The third-order valence-electron chi connectivity index (χ3n) is 2.75. The Morgan fingerprint density at radius 1 is 1.56 bits per heavy atom. The summed E-state index contributed by atoms with van der Waals surface area (Å²) in [6, 6.07) is 0. The summed E-state index contributed by atoms with van der Waals surface area (Å²) in [4.78, 5) is 22.5. The Balaban J connectivity index is 2.21. The molecule has 1 aromatic heterocycles. The minimum absolute atomic E-state index is 0.0161. The Hall–Kier alpha value is -1.96. The van der Waals surface area contributed by atoms with Crippen LogP contribution in [0.4, 0.5) is 0 Å². The quantitative estimate of drug-likeness (QED) is 0.722. The van der Waals surface area contributed by atoms with Gasteiger partial charge >= 0.3 is 11.7 Å². The molecule has 1 aliphatic heterocycles. The molecule has 0 unspecified atom stereocenters. The van der Waals surface area contributed by atoms with Crippen molar-refractivity contribution in [2.24, 2.45) is 5.41 Å². The molecule has 98 valence electrons. The third-order valence-corrected chi connectivity index (χ3v) is 2.75. The second-order valence-electron chi connectivity index (χ2n) is 4.78. The Labute approximate surface area is 102 Å². The smallest absolute Gasteiger partial charge is 0.367 e. The zero-order valence-electron chi connectivity index (χ0n) is 10.2. The molecule has 8 heteroatoms. The number of tetrazole rings is 1. The highest BCUT2D eigenvalue weighted by Crippen LogP contribution is 2.27. The summed E-state index contributed by atoms with van der Waals surface area (Å²) in [5, 5.41) is 16.1. The summed E-state index contributed by atoms with van der Waals surface area (Å²) in [5.41, 5.74) is -0.540. The first-order chi connectivity index (χ1) is 8.41. The van der Waals surface area contributed by atoms with E-state index in [1.807, 2.05) is 6.92 Å². The molecular formula is C10H14N4O4. The zero-order chi connectivity index (χ0) is 13.3. The first-order valence-corrected chi connectivity index (χ1v) is 5.43. The zero-order valence-corrected chi connectivity index (χ0v) is 10.2. The highest BCUT2D eigenvalue weighted by Gasteiger charge is 2.35. The number of hydrogen-bond donors (Lipinski definition) is 1. The van der Waals surface area contributed by atoms with Crippen molar-refractivity contribution in [3.63, 3.8) is 0 Å². The summed E-state index contributed by atoms with van der Waals surface area (Å²) in [6.45, 7) is 4.94. The molecule has 0 atom stereocenters. The minimum Gasteiger partial charge on any atom is -0.478 e. The Morgan fingerprint density at radius 3 is 2.72 bits per heavy atom. The van der Waals surface area contributed by atoms with Crippen molar-refractivity contribution in [3.05, 3.63) is 16.1 Å². The molecule has 0 spiro atoms. The van der Waals surface area contributed by atoms with Crippen molar-refractivity contribution in [2.45, 2.75) is 20.4 Å². The molecular weight excluding hydrogens is 240 g/mol. The molecule has 1 aliphatic rings. The van der Waals surface area contributed by atoms with E-state index in [0.29, 0.717) is 19.8 Å². The van der Waals surface area contributed by atoms with E-state index in [9.17, 15) is 9.59 Å². The van der Waals surface area contributed by atoms with E-state index < -0.39 is 11.7 Å². The molecule has 2 rings (SSSR count). The van der Waals surface area contributed by atoms with Crippen LogP contribution in [0.2, 0.25) is 0 Å². The van der Waals surface area contributed by atoms with Crippen molar-refractivity contribution >= 4 is 12.2 Å². The van der Waals surface area contributed by atoms with Gasteiger partial charge < -0.3 is 9.84 Å². The summed E-state index contributed by atoms with van der Waals surface area (Å²) < 4.78 is 7.23. The van der Waals surface area contributed by atoms with Crippen LogP contribution in [0.5, 0.6) is 0 Å². The van der Waals surface area contributed by atoms with Gasteiger partial charge in [0.2, 0.25) is 0 Å². The maximum absolute atomic E-state index is 11.9. The molecule has 0 bridgehead atoms. The summed E-state index contributed by atoms with van der Waals surface area (Å²) >= 11 is 0. The fourth-order valence-electron chi connectivity index (χ4n) is 1.61. The van der Waals surface area contributed by atoms with Gasteiger partial charge in [-0.25, -0.2) is 9.59 Å². The van der Waals surface area contributed by atoms with Gasteiger partial charge in [-0.15, -0.1) is 0 Å². The Bertz CT molecular complexity index is 552. The van der Waals surface area contributed by atoms with Gasteiger partial charge in [0, 0.05) is 11.6 Å². The molecule has 0 aromatic carbocycles. The predicted octanol–water partition coefficient (Wildman–Crippen LogP) is -0.578. The lowest BCUT2D eigenvalue weighted by Gasteiger charge is -2.37. The van der Waals surface area contributed by atoms with E-state index in [1.165, 1.54) is 11.6 Å². The number of aromatic nitrogens is 4. The number of hydrogen-bond acceptors (Lipinski definition) is 5. The van der Waals surface area contributed by atoms with E-state index >= 15 is 0 Å². The molecule has 0 saturated carbocycles. The lowest BCUT2D eigenvalue weighted by Crippen LogP contribution is -2.45. The van der Waals surface area contributed by atoms with E-state index in [0.717, 1.165) is 10.9 Å². The average molecular weight is 254 g/mol. The molecule has 1 N–H and O–H groups in total. The number of aliphatic carboxylic acids is 1. The van der Waals surface area contributed by atoms with Crippen LogP contribution in [0, 0.1) is 5.41 Å². The van der Waals surface area contributed by atoms with Crippen molar-refractivity contribution in [2.75, 3.05) is 13.2 Å². The first kappa shape index (κ1) is 12.5. The topological polar surface area (TPSA) is 99.2 Å². The average Bonchev–Trinajstić information content (AvgIpc) is 2.59. The molecule has 18 heavy (non-hydrogen) atoms. The van der Waals surface area contributed by atoms with Gasteiger partial charge in [0.1, 0.15) is 0 Å². The van der Waals surface area contributed by atoms with Gasteiger partial charge in [-0.05, 0) is 17.4 Å². The Kier molecular flexibility index (Phi) is 3.04. The highest BCUT2D eigenvalue weighted by molar-refractivity contribution is 5.89. The van der Waals surface area contributed by atoms with Crippen LogP contribution < -0.4 is 5.69 Å². The van der Waals surface area contributed by atoms with Crippen LogP contribution in [0.1, 0.15) is 13.8 Å². The van der Waals surface area contributed by atoms with E-state index in [2.05, 4.69) is 10.4 Å². The van der Waals surface area contributed by atoms with Crippen LogP contribution in [-0.4, -0.2) is 44.1 Å². The van der Waals surface area contributed by atoms with Crippen LogP contribution in [-0.2, 0) is 16.1 Å². The second-order valence-corrected chi connectivity index (χ2v) is 4.78. The lowest BCUT2D eigenvalue weighted by atomic mass is 9.89. The van der Waals surface area contributed by atoms with Gasteiger partial charge in [-0.2, -0.15) is 9.36 Å². The highest BCUT2D eigenvalue weighted by atomic mass is 16.5. The molecule has 1 fully saturated rings. The standard InChI is InChI=1S/C10H14N4O4/c1-7(8(15)16)3-13-9(17)14(12-11-13)4-10(2)5-18-6-10/h3H,4-6H2,1-2H3,(H,15,16)/b7-3+. The fraction of sp³-hybridized carbons (Fsp3) is 0.600. The van der Waals surface area contributed by atoms with E-state index in [-0.39, 0.29) is 11.0 Å². The Morgan fingerprint density at radius 2 is 2.22 bits per heavy atom. The predicted molar refractivity (Wildman–Crippen MR) is 60.8 cm³/mol. The summed E-state index contributed by atoms with van der Waals surface area (Å²) in [7, 11) is 0. The van der Waals surface area contributed by atoms with Gasteiger partial charge in [0.25, 0.3) is 0 Å². The van der Waals surface area contributed by atoms with Crippen LogP contribution in [0.3, 0.4) is 0 Å². The number of rotatable bonds is 4. The number of ether oxygens (including phenoxy) is 1. The molecule has 8 nitrogen and oxygen atoms in total. The van der Waals surface area contributed by atoms with E-state index in [1.54, 1.807) is 0 Å². The van der Waals surface area contributed by atoms with Crippen LogP contribution in [0.15, 0.2) is 10.4 Å². The van der Waals surface area contributed by atoms with Crippen molar-refractivity contribution in [1.82, 2.24) is 19.8 Å². The minimum atomic E-state index is -1.10. The number of carboxylic acid groups (broad SMARTS) is 1. The number of carboxylic acids is 1. The van der Waals surface area contributed by atoms with E-state index in [4.69, 9.17) is 9.84 Å². The maximum Gasteiger partial charge on any atom is 0.367 e. The molecule has 0 radical (unpaired) electrons. The molecule has 0 aliphatic carbocycles. The maximum atomic E-state index is 11.9. The van der Waals surface area contributed by atoms with Crippen molar-refractivity contribution in [3.8, 4) is 0 Å².